The van der Waals surface area contributed by atoms with E-state index in [9.17, 15) is 9.59 Å². The van der Waals surface area contributed by atoms with E-state index in [4.69, 9.17) is 0 Å². The summed E-state index contributed by atoms with van der Waals surface area (Å²) < 4.78 is 0. The van der Waals surface area contributed by atoms with Crippen LogP contribution in [0.15, 0.2) is 49.1 Å². The molecule has 2 amide bonds. The average molecular weight is 349 g/mol. The van der Waals surface area contributed by atoms with Gasteiger partial charge >= 0.3 is 0 Å². The van der Waals surface area contributed by atoms with E-state index in [0.29, 0.717) is 24.2 Å². The molecule has 3 heterocycles. The fourth-order valence-corrected chi connectivity index (χ4v) is 3.25. The molecule has 26 heavy (non-hydrogen) atoms. The Morgan fingerprint density at radius 3 is 2.62 bits per heavy atom. The molecule has 1 saturated heterocycles. The van der Waals surface area contributed by atoms with Gasteiger partial charge in [0.1, 0.15) is 0 Å². The number of nitrogens with zero attached hydrogens (tertiary/aromatic N) is 3. The number of piperidine rings is 1. The summed E-state index contributed by atoms with van der Waals surface area (Å²) in [5.74, 6) is -0.0812. The number of fused-ring (bicyclic) bond motifs is 1. The Kier molecular flexibility index (Phi) is 4.35. The number of rotatable bonds is 3. The molecule has 1 fully saturated rings. The smallest absolute Gasteiger partial charge is 0.253 e. The van der Waals surface area contributed by atoms with Crippen LogP contribution in [0.3, 0.4) is 0 Å². The molecular weight excluding hydrogens is 330 g/mol. The highest BCUT2D eigenvalue weighted by molar-refractivity contribution is 5.97. The summed E-state index contributed by atoms with van der Waals surface area (Å²) in [6.45, 7) is 1.25. The number of aromatic amines is 1. The number of pyridine rings is 1. The first-order valence-corrected chi connectivity index (χ1v) is 8.64. The van der Waals surface area contributed by atoms with Crippen LogP contribution >= 0.6 is 0 Å². The van der Waals surface area contributed by atoms with Gasteiger partial charge in [-0.1, -0.05) is 0 Å². The Morgan fingerprint density at radius 2 is 1.85 bits per heavy atom. The highest BCUT2D eigenvalue weighted by Crippen LogP contribution is 2.17. The van der Waals surface area contributed by atoms with Crippen LogP contribution in [-0.4, -0.2) is 50.8 Å². The van der Waals surface area contributed by atoms with Crippen LogP contribution in [0.4, 0.5) is 0 Å². The molecule has 132 valence electrons. The van der Waals surface area contributed by atoms with Crippen LogP contribution in [0.5, 0.6) is 0 Å². The van der Waals surface area contributed by atoms with Gasteiger partial charge < -0.3 is 15.2 Å². The number of aromatic nitrogens is 3. The third-order valence-corrected chi connectivity index (χ3v) is 4.73. The second-order valence-electron chi connectivity index (χ2n) is 6.41. The number of amides is 2. The van der Waals surface area contributed by atoms with E-state index in [1.165, 1.54) is 0 Å². The second kappa shape index (κ2) is 6.95. The van der Waals surface area contributed by atoms with Crippen molar-refractivity contribution in [2.24, 2.45) is 0 Å². The van der Waals surface area contributed by atoms with Gasteiger partial charge in [-0.15, -0.1) is 0 Å². The van der Waals surface area contributed by atoms with E-state index in [0.717, 1.165) is 23.9 Å². The maximum absolute atomic E-state index is 12.7. The van der Waals surface area contributed by atoms with Crippen molar-refractivity contribution in [1.82, 2.24) is 25.2 Å². The number of hydrogen-bond donors (Lipinski definition) is 2. The van der Waals surface area contributed by atoms with Crippen LogP contribution in [0.2, 0.25) is 0 Å². The minimum Gasteiger partial charge on any atom is -0.349 e. The van der Waals surface area contributed by atoms with Gasteiger partial charge in [-0.2, -0.15) is 0 Å². The van der Waals surface area contributed by atoms with Gasteiger partial charge in [0.15, 0.2) is 0 Å². The highest BCUT2D eigenvalue weighted by Gasteiger charge is 2.25. The lowest BCUT2D eigenvalue weighted by atomic mass is 10.0. The van der Waals surface area contributed by atoms with E-state index in [1.807, 2.05) is 23.1 Å². The van der Waals surface area contributed by atoms with Crippen molar-refractivity contribution in [2.45, 2.75) is 18.9 Å². The topological polar surface area (TPSA) is 91.0 Å². The summed E-state index contributed by atoms with van der Waals surface area (Å²) in [6.07, 6.45) is 6.32. The third-order valence-electron chi connectivity index (χ3n) is 4.73. The molecular formula is C19H19N5O2. The summed E-state index contributed by atoms with van der Waals surface area (Å²) in [6, 6.07) is 8.96. The lowest BCUT2D eigenvalue weighted by molar-refractivity contribution is 0.0698. The number of H-pyrrole nitrogens is 1. The predicted molar refractivity (Wildman–Crippen MR) is 96.7 cm³/mol. The van der Waals surface area contributed by atoms with Crippen molar-refractivity contribution in [3.8, 4) is 0 Å². The van der Waals surface area contributed by atoms with E-state index in [1.54, 1.807) is 30.9 Å². The van der Waals surface area contributed by atoms with Crippen molar-refractivity contribution in [3.05, 3.63) is 60.2 Å². The molecule has 4 rings (SSSR count). The fraction of sp³-hybridized carbons (Fsp3) is 0.263. The van der Waals surface area contributed by atoms with E-state index in [-0.39, 0.29) is 17.9 Å². The number of nitrogens with one attached hydrogen (secondary N) is 2. The number of hydrogen-bond acceptors (Lipinski definition) is 4. The molecule has 2 N–H and O–H groups in total. The Morgan fingerprint density at radius 1 is 1.08 bits per heavy atom. The number of carbonyl (C=O) groups excluding carboxylic acids is 2. The molecule has 1 aliphatic rings. The fourth-order valence-electron chi connectivity index (χ4n) is 3.25. The highest BCUT2D eigenvalue weighted by atomic mass is 16.2. The monoisotopic (exact) mass is 349 g/mol. The second-order valence-corrected chi connectivity index (χ2v) is 6.41. The summed E-state index contributed by atoms with van der Waals surface area (Å²) in [4.78, 5) is 37.9. The van der Waals surface area contributed by atoms with Crippen LogP contribution in [0.25, 0.3) is 11.0 Å². The zero-order valence-electron chi connectivity index (χ0n) is 14.2. The van der Waals surface area contributed by atoms with Crippen molar-refractivity contribution in [2.75, 3.05) is 13.1 Å². The molecule has 1 aromatic carbocycles. The largest absolute Gasteiger partial charge is 0.349 e. The molecule has 1 aliphatic heterocycles. The Labute approximate surface area is 150 Å². The van der Waals surface area contributed by atoms with Crippen molar-refractivity contribution in [3.63, 3.8) is 0 Å². The molecule has 0 spiro atoms. The minimum atomic E-state index is -0.0955. The van der Waals surface area contributed by atoms with Crippen LogP contribution in [-0.2, 0) is 0 Å². The molecule has 0 unspecified atom stereocenters. The molecule has 7 heteroatoms. The van der Waals surface area contributed by atoms with Gasteiger partial charge in [-0.05, 0) is 43.2 Å². The predicted octanol–water partition coefficient (Wildman–Crippen LogP) is 1.99. The number of benzene rings is 1. The molecule has 0 saturated carbocycles. The lowest BCUT2D eigenvalue weighted by Gasteiger charge is -2.32. The zero-order chi connectivity index (χ0) is 17.9. The van der Waals surface area contributed by atoms with Crippen molar-refractivity contribution in [1.29, 1.82) is 0 Å². The van der Waals surface area contributed by atoms with Gasteiger partial charge in [0, 0.05) is 42.7 Å². The normalized spacial score (nSPS) is 15.2. The summed E-state index contributed by atoms with van der Waals surface area (Å²) in [5, 5.41) is 3.04. The molecule has 0 radical (unpaired) electrons. The molecule has 0 aliphatic carbocycles. The molecule has 7 nitrogen and oxygen atoms in total. The maximum atomic E-state index is 12.7. The third kappa shape index (κ3) is 3.28. The quantitative estimate of drug-likeness (QED) is 0.756. The van der Waals surface area contributed by atoms with E-state index in [2.05, 4.69) is 20.3 Å². The molecule has 2 aromatic heterocycles. The Hall–Kier alpha value is -3.22. The number of imidazole rings is 1. The molecule has 0 bridgehead atoms. The SMILES string of the molecule is O=C(NC1CCN(C(=O)c2ccc3nc[nH]c3c2)CC1)c1ccncc1. The van der Waals surface area contributed by atoms with Crippen LogP contribution in [0, 0.1) is 0 Å². The zero-order valence-corrected chi connectivity index (χ0v) is 14.2. The Bertz CT molecular complexity index is 929. The lowest BCUT2D eigenvalue weighted by Crippen LogP contribution is -2.46. The molecule has 3 aromatic rings. The van der Waals surface area contributed by atoms with E-state index < -0.39 is 0 Å². The van der Waals surface area contributed by atoms with Gasteiger partial charge in [0.25, 0.3) is 11.8 Å². The van der Waals surface area contributed by atoms with Crippen LogP contribution < -0.4 is 5.32 Å². The van der Waals surface area contributed by atoms with Gasteiger partial charge in [0.05, 0.1) is 17.4 Å². The average Bonchev–Trinajstić information content (AvgIpc) is 3.16. The summed E-state index contributed by atoms with van der Waals surface area (Å²) in [5.41, 5.74) is 2.96. The Balaban J connectivity index is 1.35. The van der Waals surface area contributed by atoms with Crippen molar-refractivity contribution < 1.29 is 9.59 Å². The van der Waals surface area contributed by atoms with Gasteiger partial charge in [-0.25, -0.2) is 4.98 Å². The maximum Gasteiger partial charge on any atom is 0.253 e. The standard InChI is InChI=1S/C19H19N5O2/c25-18(13-3-7-20-8-4-13)23-15-5-9-24(10-6-15)19(26)14-1-2-16-17(11-14)22-12-21-16/h1-4,7-8,11-12,15H,5-6,9-10H2,(H,21,22)(H,23,25). The number of carbonyl (C=O) groups is 2. The first kappa shape index (κ1) is 16.3. The van der Waals surface area contributed by atoms with Gasteiger partial charge in [-0.3, -0.25) is 14.6 Å². The first-order valence-electron chi connectivity index (χ1n) is 8.64. The van der Waals surface area contributed by atoms with Gasteiger partial charge in [0.2, 0.25) is 0 Å². The summed E-state index contributed by atoms with van der Waals surface area (Å²) in [7, 11) is 0. The summed E-state index contributed by atoms with van der Waals surface area (Å²) >= 11 is 0. The molecule has 0 atom stereocenters. The van der Waals surface area contributed by atoms with Crippen molar-refractivity contribution >= 4 is 22.8 Å². The first-order chi connectivity index (χ1) is 12.7. The minimum absolute atomic E-state index is 0.0143. The number of likely N-dealkylation sites (tertiary alicyclic amines) is 1. The van der Waals surface area contributed by atoms with Crippen LogP contribution in [0.1, 0.15) is 33.6 Å². The van der Waals surface area contributed by atoms with E-state index >= 15 is 0 Å².